The lowest BCUT2D eigenvalue weighted by molar-refractivity contribution is -0.384. The fourth-order valence-electron chi connectivity index (χ4n) is 2.93. The van der Waals surface area contributed by atoms with Crippen LogP contribution in [0, 0.1) is 16.0 Å². The summed E-state index contributed by atoms with van der Waals surface area (Å²) in [7, 11) is 0. The molecule has 1 heterocycles. The number of anilines is 1. The van der Waals surface area contributed by atoms with Crippen molar-refractivity contribution >= 4 is 17.3 Å². The number of rotatable bonds is 7. The molecule has 1 aliphatic rings. The third kappa shape index (κ3) is 5.56. The van der Waals surface area contributed by atoms with Crippen LogP contribution in [0.1, 0.15) is 25.3 Å². The van der Waals surface area contributed by atoms with Gasteiger partial charge in [-0.1, -0.05) is 0 Å². The summed E-state index contributed by atoms with van der Waals surface area (Å²) in [6.45, 7) is 3.48. The van der Waals surface area contributed by atoms with Crippen molar-refractivity contribution in [3.63, 3.8) is 0 Å². The Bertz CT molecular complexity index is 673. The molecule has 0 amide bonds. The van der Waals surface area contributed by atoms with E-state index >= 15 is 0 Å². The number of carbonyl (C=O) groups is 1. The number of hydrogen-bond acceptors (Lipinski definition) is 6. The number of halogens is 3. The van der Waals surface area contributed by atoms with Crippen molar-refractivity contribution in [1.29, 1.82) is 0 Å². The highest BCUT2D eigenvalue weighted by molar-refractivity contribution is 5.73. The summed E-state index contributed by atoms with van der Waals surface area (Å²) in [6.07, 6.45) is -3.83. The Balaban J connectivity index is 2.01. The second-order valence-corrected chi connectivity index (χ2v) is 6.08. The zero-order valence-corrected chi connectivity index (χ0v) is 14.8. The number of benzene rings is 1. The summed E-state index contributed by atoms with van der Waals surface area (Å²) in [6, 6.07) is 2.49. The molecule has 1 fully saturated rings. The van der Waals surface area contributed by atoms with Crippen LogP contribution in [0.25, 0.3) is 0 Å². The number of hydrogen-bond donors (Lipinski definition) is 0. The lowest BCUT2D eigenvalue weighted by Gasteiger charge is -2.32. The average molecular weight is 390 g/mol. The first-order valence-electron chi connectivity index (χ1n) is 8.59. The van der Waals surface area contributed by atoms with Gasteiger partial charge in [0.25, 0.3) is 5.69 Å². The lowest BCUT2D eigenvalue weighted by atomic mass is 9.96. The van der Waals surface area contributed by atoms with Crippen LogP contribution < -0.4 is 4.90 Å². The summed E-state index contributed by atoms with van der Waals surface area (Å²) >= 11 is 0. The summed E-state index contributed by atoms with van der Waals surface area (Å²) in [5, 5.41) is 11.2. The first kappa shape index (κ1) is 20.9. The largest absolute Gasteiger partial charge is 0.463 e. The second-order valence-electron chi connectivity index (χ2n) is 6.08. The van der Waals surface area contributed by atoms with Crippen LogP contribution in [0.4, 0.5) is 24.5 Å². The van der Waals surface area contributed by atoms with Crippen LogP contribution >= 0.6 is 0 Å². The maximum atomic E-state index is 12.8. The highest BCUT2D eigenvalue weighted by atomic mass is 19.4. The molecule has 150 valence electrons. The molecule has 0 bridgehead atoms. The van der Waals surface area contributed by atoms with Gasteiger partial charge in [-0.2, -0.15) is 13.2 Å². The number of esters is 1. The monoisotopic (exact) mass is 390 g/mol. The van der Waals surface area contributed by atoms with Crippen LogP contribution in [0.3, 0.4) is 0 Å². The van der Waals surface area contributed by atoms with Crippen molar-refractivity contribution in [3.05, 3.63) is 33.9 Å². The van der Waals surface area contributed by atoms with Gasteiger partial charge in [-0.15, -0.1) is 0 Å². The molecule has 1 saturated heterocycles. The number of nitro groups is 1. The summed E-state index contributed by atoms with van der Waals surface area (Å²) in [5.74, 6) is -0.687. The molecule has 1 aromatic rings. The smallest absolute Gasteiger partial charge is 0.416 e. The van der Waals surface area contributed by atoms with Crippen molar-refractivity contribution in [2.45, 2.75) is 25.9 Å². The predicted octanol–water partition coefficient (Wildman–Crippen LogP) is 3.41. The standard InChI is InChI=1S/C17H21F3N2O5/c1-2-26-9-10-27-16(23)12-5-7-21(8-6-12)14-4-3-13(17(18,19)20)11-15(14)22(24)25/h3-4,11-12H,2,5-10H2,1H3. The van der Waals surface area contributed by atoms with Crippen molar-refractivity contribution < 1.29 is 32.4 Å². The van der Waals surface area contributed by atoms with E-state index in [1.54, 1.807) is 4.90 Å². The Morgan fingerprint density at radius 1 is 1.30 bits per heavy atom. The molecular formula is C17H21F3N2O5. The highest BCUT2D eigenvalue weighted by Gasteiger charge is 2.35. The van der Waals surface area contributed by atoms with Gasteiger partial charge in [0.1, 0.15) is 12.3 Å². The van der Waals surface area contributed by atoms with Gasteiger partial charge in [0.2, 0.25) is 0 Å². The molecular weight excluding hydrogens is 369 g/mol. The Labute approximate surface area is 154 Å². The van der Waals surface area contributed by atoms with Crippen LogP contribution in [-0.2, 0) is 20.4 Å². The van der Waals surface area contributed by atoms with E-state index in [1.807, 2.05) is 6.92 Å². The van der Waals surface area contributed by atoms with Gasteiger partial charge in [0.15, 0.2) is 0 Å². The quantitative estimate of drug-likeness (QED) is 0.307. The maximum Gasteiger partial charge on any atom is 0.416 e. The third-order valence-corrected chi connectivity index (χ3v) is 4.34. The predicted molar refractivity (Wildman–Crippen MR) is 90.5 cm³/mol. The van der Waals surface area contributed by atoms with E-state index in [-0.39, 0.29) is 24.2 Å². The van der Waals surface area contributed by atoms with Crippen LogP contribution in [-0.4, -0.2) is 43.8 Å². The molecule has 10 heteroatoms. The minimum Gasteiger partial charge on any atom is -0.463 e. The molecule has 0 saturated carbocycles. The third-order valence-electron chi connectivity index (χ3n) is 4.34. The molecule has 0 atom stereocenters. The number of carbonyl (C=O) groups excluding carboxylic acids is 1. The fourth-order valence-corrected chi connectivity index (χ4v) is 2.93. The van der Waals surface area contributed by atoms with Crippen molar-refractivity contribution in [1.82, 2.24) is 0 Å². The van der Waals surface area contributed by atoms with Crippen LogP contribution in [0.15, 0.2) is 18.2 Å². The number of ether oxygens (including phenoxy) is 2. The number of piperidine rings is 1. The van der Waals surface area contributed by atoms with Crippen molar-refractivity contribution in [2.75, 3.05) is 37.8 Å². The van der Waals surface area contributed by atoms with Gasteiger partial charge in [-0.25, -0.2) is 0 Å². The molecule has 0 N–H and O–H groups in total. The molecule has 1 aliphatic heterocycles. The lowest BCUT2D eigenvalue weighted by Crippen LogP contribution is -2.37. The van der Waals surface area contributed by atoms with Gasteiger partial charge < -0.3 is 14.4 Å². The highest BCUT2D eigenvalue weighted by Crippen LogP contribution is 2.37. The fraction of sp³-hybridized carbons (Fsp3) is 0.588. The van der Waals surface area contributed by atoms with Gasteiger partial charge in [-0.3, -0.25) is 14.9 Å². The Morgan fingerprint density at radius 3 is 2.52 bits per heavy atom. The van der Waals surface area contributed by atoms with Crippen LogP contribution in [0.5, 0.6) is 0 Å². The van der Waals surface area contributed by atoms with Crippen molar-refractivity contribution in [2.24, 2.45) is 5.92 Å². The van der Waals surface area contributed by atoms with E-state index in [2.05, 4.69) is 0 Å². The topological polar surface area (TPSA) is 81.9 Å². The first-order valence-corrected chi connectivity index (χ1v) is 8.59. The summed E-state index contributed by atoms with van der Waals surface area (Å²) < 4.78 is 48.6. The molecule has 0 aromatic heterocycles. The minimum atomic E-state index is -4.65. The summed E-state index contributed by atoms with van der Waals surface area (Å²) in [4.78, 5) is 24.0. The molecule has 0 aliphatic carbocycles. The SMILES string of the molecule is CCOCCOC(=O)C1CCN(c2ccc(C(F)(F)F)cc2[N+](=O)[O-])CC1. The minimum absolute atomic E-state index is 0.121. The molecule has 0 unspecified atom stereocenters. The number of nitrogens with zero attached hydrogens (tertiary/aromatic N) is 2. The van der Waals surface area contributed by atoms with E-state index in [4.69, 9.17) is 9.47 Å². The molecule has 0 radical (unpaired) electrons. The van der Waals surface area contributed by atoms with Crippen LogP contribution in [0.2, 0.25) is 0 Å². The van der Waals surface area contributed by atoms with Gasteiger partial charge in [0.05, 0.1) is 23.0 Å². The first-order chi connectivity index (χ1) is 12.7. The Kier molecular flexibility index (Phi) is 7.00. The molecule has 0 spiro atoms. The van der Waals surface area contributed by atoms with E-state index in [9.17, 15) is 28.1 Å². The zero-order chi connectivity index (χ0) is 20.0. The van der Waals surface area contributed by atoms with E-state index < -0.39 is 22.4 Å². The molecule has 27 heavy (non-hydrogen) atoms. The molecule has 7 nitrogen and oxygen atoms in total. The second kappa shape index (κ2) is 9.03. The number of alkyl halides is 3. The average Bonchev–Trinajstić information content (AvgIpc) is 2.64. The summed E-state index contributed by atoms with van der Waals surface area (Å²) in [5.41, 5.74) is -1.54. The van der Waals surface area contributed by atoms with Gasteiger partial charge in [-0.05, 0) is 31.9 Å². The van der Waals surface area contributed by atoms with Crippen molar-refractivity contribution in [3.8, 4) is 0 Å². The Hall–Kier alpha value is -2.36. The number of nitro benzene ring substituents is 1. The molecule has 2 rings (SSSR count). The van der Waals surface area contributed by atoms with E-state index in [0.717, 1.165) is 12.1 Å². The maximum absolute atomic E-state index is 12.8. The van der Waals surface area contributed by atoms with E-state index in [0.29, 0.717) is 45.2 Å². The van der Waals surface area contributed by atoms with E-state index in [1.165, 1.54) is 0 Å². The molecule has 1 aromatic carbocycles. The zero-order valence-electron chi connectivity index (χ0n) is 14.8. The normalized spacial score (nSPS) is 15.6. The van der Waals surface area contributed by atoms with Gasteiger partial charge in [0, 0.05) is 25.8 Å². The van der Waals surface area contributed by atoms with Gasteiger partial charge >= 0.3 is 12.1 Å². The Morgan fingerprint density at radius 2 is 1.96 bits per heavy atom.